The van der Waals surface area contributed by atoms with E-state index in [9.17, 15) is 4.79 Å². The molecule has 0 unspecified atom stereocenters. The van der Waals surface area contributed by atoms with Crippen LogP contribution in [-0.2, 0) is 9.53 Å². The molecule has 0 amide bonds. The van der Waals surface area contributed by atoms with Gasteiger partial charge in [-0.2, -0.15) is 0 Å². The molecule has 0 bridgehead atoms. The van der Waals surface area contributed by atoms with Crippen molar-refractivity contribution in [3.8, 4) is 0 Å². The molecule has 0 aliphatic rings. The molecule has 0 aliphatic heterocycles. The largest absolute Gasteiger partial charge is 0.432 e. The van der Waals surface area contributed by atoms with Crippen molar-refractivity contribution >= 4 is 24.8 Å². The summed E-state index contributed by atoms with van der Waals surface area (Å²) in [5, 5.41) is 0. The molecular formula is C5H6LiO2. The summed E-state index contributed by atoms with van der Waals surface area (Å²) in [6, 6.07) is 0. The molecule has 0 N–H and O–H groups in total. The Kier molecular flexibility index (Phi) is 8.60. The molecule has 0 fully saturated rings. The van der Waals surface area contributed by atoms with E-state index in [-0.39, 0.29) is 18.9 Å². The summed E-state index contributed by atoms with van der Waals surface area (Å²) in [5.41, 5.74) is 0. The predicted octanol–water partition coefficient (Wildman–Crippen LogP) is 0.478. The van der Waals surface area contributed by atoms with Crippen molar-refractivity contribution < 1.29 is 9.53 Å². The van der Waals surface area contributed by atoms with Crippen LogP contribution in [-0.4, -0.2) is 24.8 Å². The predicted molar refractivity (Wildman–Crippen MR) is 32.2 cm³/mol. The van der Waals surface area contributed by atoms with Crippen molar-refractivity contribution in [3.63, 3.8) is 0 Å². The van der Waals surface area contributed by atoms with Crippen LogP contribution in [0, 0.1) is 0 Å². The van der Waals surface area contributed by atoms with Crippen molar-refractivity contribution in [2.24, 2.45) is 0 Å². The molecule has 0 rings (SSSR count). The normalized spacial score (nSPS) is 6.00. The Labute approximate surface area is 60.4 Å². The van der Waals surface area contributed by atoms with Gasteiger partial charge in [-0.1, -0.05) is 13.2 Å². The number of esters is 1. The van der Waals surface area contributed by atoms with E-state index in [1.807, 2.05) is 0 Å². The molecule has 3 heteroatoms. The Bertz CT molecular complexity index is 98.6. The third-order valence-electron chi connectivity index (χ3n) is 0.366. The van der Waals surface area contributed by atoms with Gasteiger partial charge in [-0.3, -0.25) is 0 Å². The second-order valence-corrected chi connectivity index (χ2v) is 0.808. The van der Waals surface area contributed by atoms with Crippen molar-refractivity contribution in [1.82, 2.24) is 0 Å². The minimum absolute atomic E-state index is 0. The number of ether oxygens (including phenoxy) is 1. The van der Waals surface area contributed by atoms with Crippen LogP contribution < -0.4 is 0 Å². The van der Waals surface area contributed by atoms with Gasteiger partial charge in [-0.05, 0) is 0 Å². The molecule has 0 aliphatic carbocycles. The minimum Gasteiger partial charge on any atom is -0.432 e. The van der Waals surface area contributed by atoms with Gasteiger partial charge in [0.1, 0.15) is 0 Å². The summed E-state index contributed by atoms with van der Waals surface area (Å²) >= 11 is 0. The summed E-state index contributed by atoms with van der Waals surface area (Å²) in [7, 11) is 0. The van der Waals surface area contributed by atoms with E-state index in [2.05, 4.69) is 17.9 Å². The van der Waals surface area contributed by atoms with Gasteiger partial charge in [0.05, 0.1) is 6.26 Å². The molecule has 0 atom stereocenters. The number of carbonyl (C=O) groups is 1. The second kappa shape index (κ2) is 6.55. The van der Waals surface area contributed by atoms with Gasteiger partial charge >= 0.3 is 5.97 Å². The number of hydrogen-bond donors (Lipinski definition) is 0. The average molecular weight is 105 g/mol. The molecule has 0 spiro atoms. The zero-order chi connectivity index (χ0) is 5.70. The summed E-state index contributed by atoms with van der Waals surface area (Å²) in [4.78, 5) is 10.0. The summed E-state index contributed by atoms with van der Waals surface area (Å²) in [6.45, 7) is 6.31. The first-order valence-corrected chi connectivity index (χ1v) is 1.75. The standard InChI is InChI=1S/C5H6O2.Li/c1-3-5(6)7-4-2;/h3-4H,1-2H2;. The van der Waals surface area contributed by atoms with Gasteiger partial charge < -0.3 is 4.74 Å². The van der Waals surface area contributed by atoms with Crippen molar-refractivity contribution in [1.29, 1.82) is 0 Å². The number of rotatable bonds is 2. The topological polar surface area (TPSA) is 26.3 Å². The van der Waals surface area contributed by atoms with E-state index in [0.717, 1.165) is 12.3 Å². The molecule has 8 heavy (non-hydrogen) atoms. The van der Waals surface area contributed by atoms with E-state index in [1.54, 1.807) is 0 Å². The van der Waals surface area contributed by atoms with Gasteiger partial charge in [0, 0.05) is 24.9 Å². The Morgan fingerprint density at radius 3 is 2.12 bits per heavy atom. The fourth-order valence-corrected chi connectivity index (χ4v) is 0.130. The van der Waals surface area contributed by atoms with Crippen LogP contribution in [0.2, 0.25) is 0 Å². The third kappa shape index (κ3) is 5.55. The van der Waals surface area contributed by atoms with Crippen LogP contribution in [0.25, 0.3) is 0 Å². The van der Waals surface area contributed by atoms with Crippen molar-refractivity contribution in [2.75, 3.05) is 0 Å². The molecule has 0 aromatic heterocycles. The molecule has 0 aromatic carbocycles. The van der Waals surface area contributed by atoms with Gasteiger partial charge in [-0.25, -0.2) is 4.79 Å². The maximum Gasteiger partial charge on any atom is 0.334 e. The monoisotopic (exact) mass is 105 g/mol. The molecule has 1 radical (unpaired) electrons. The van der Waals surface area contributed by atoms with E-state index in [4.69, 9.17) is 0 Å². The first-order chi connectivity index (χ1) is 3.31. The SMILES string of the molecule is C=COC(=O)C=C.[Li]. The van der Waals surface area contributed by atoms with Crippen LogP contribution in [0.1, 0.15) is 0 Å². The van der Waals surface area contributed by atoms with Gasteiger partial charge in [0.15, 0.2) is 0 Å². The average Bonchev–Trinajstić information content (AvgIpc) is 1.68. The smallest absolute Gasteiger partial charge is 0.334 e. The maximum absolute atomic E-state index is 10.0. The van der Waals surface area contributed by atoms with Crippen molar-refractivity contribution in [2.45, 2.75) is 0 Å². The van der Waals surface area contributed by atoms with Gasteiger partial charge in [-0.15, -0.1) is 0 Å². The van der Waals surface area contributed by atoms with Crippen LogP contribution in [0.4, 0.5) is 0 Å². The fourth-order valence-electron chi connectivity index (χ4n) is 0.130. The third-order valence-corrected chi connectivity index (χ3v) is 0.366. The molecule has 0 saturated heterocycles. The van der Waals surface area contributed by atoms with E-state index < -0.39 is 5.97 Å². The number of carbonyl (C=O) groups excluding carboxylic acids is 1. The first-order valence-electron chi connectivity index (χ1n) is 1.75. The Balaban J connectivity index is 0. The van der Waals surface area contributed by atoms with Crippen LogP contribution in [0.5, 0.6) is 0 Å². The molecule has 2 nitrogen and oxygen atoms in total. The van der Waals surface area contributed by atoms with Crippen LogP contribution in [0.3, 0.4) is 0 Å². The maximum atomic E-state index is 10.0. The molecular weight excluding hydrogens is 99.0 g/mol. The van der Waals surface area contributed by atoms with E-state index in [1.165, 1.54) is 0 Å². The summed E-state index contributed by atoms with van der Waals surface area (Å²) < 4.78 is 4.20. The van der Waals surface area contributed by atoms with Crippen LogP contribution >= 0.6 is 0 Å². The van der Waals surface area contributed by atoms with Crippen molar-refractivity contribution in [3.05, 3.63) is 25.5 Å². The Morgan fingerprint density at radius 2 is 2.00 bits per heavy atom. The molecule has 39 valence electrons. The summed E-state index contributed by atoms with van der Waals surface area (Å²) in [5.74, 6) is -0.477. The first kappa shape index (κ1) is 10.5. The Morgan fingerprint density at radius 1 is 1.50 bits per heavy atom. The second-order valence-electron chi connectivity index (χ2n) is 0.808. The molecule has 0 aromatic rings. The van der Waals surface area contributed by atoms with E-state index in [0.29, 0.717) is 0 Å². The number of hydrogen-bond acceptors (Lipinski definition) is 2. The minimum atomic E-state index is -0.477. The quantitative estimate of drug-likeness (QED) is 0.221. The summed E-state index contributed by atoms with van der Waals surface area (Å²) in [6.07, 6.45) is 2.13. The molecule has 0 saturated carbocycles. The van der Waals surface area contributed by atoms with Gasteiger partial charge in [0.25, 0.3) is 0 Å². The fraction of sp³-hybridized carbons (Fsp3) is 0. The zero-order valence-electron chi connectivity index (χ0n) is 4.89. The van der Waals surface area contributed by atoms with Gasteiger partial charge in [0.2, 0.25) is 0 Å². The Hall–Kier alpha value is -0.453. The molecule has 0 heterocycles. The van der Waals surface area contributed by atoms with E-state index >= 15 is 0 Å². The zero-order valence-corrected chi connectivity index (χ0v) is 4.89. The van der Waals surface area contributed by atoms with Crippen LogP contribution in [0.15, 0.2) is 25.5 Å².